The number of nitrogens with zero attached hydrogens (tertiary/aromatic N) is 2. The van der Waals surface area contributed by atoms with Gasteiger partial charge in [-0.3, -0.25) is 9.88 Å². The van der Waals surface area contributed by atoms with Gasteiger partial charge in [0.2, 0.25) is 0 Å². The summed E-state index contributed by atoms with van der Waals surface area (Å²) in [6, 6.07) is 4.48. The number of aromatic nitrogens is 1. The van der Waals surface area contributed by atoms with Crippen molar-refractivity contribution in [2.45, 2.75) is 31.0 Å². The first-order valence-corrected chi connectivity index (χ1v) is 9.37. The fourth-order valence-electron chi connectivity index (χ4n) is 3.76. The Bertz CT molecular complexity index is 882. The minimum Gasteiger partial charge on any atom is -0.398 e. The quantitative estimate of drug-likeness (QED) is 0.579. The maximum Gasteiger partial charge on any atom is 0.147 e. The zero-order valence-corrected chi connectivity index (χ0v) is 15.7. The summed E-state index contributed by atoms with van der Waals surface area (Å²) in [7, 11) is 0. The molecule has 0 saturated heterocycles. The Morgan fingerprint density at radius 1 is 1.42 bits per heavy atom. The molecule has 1 aliphatic carbocycles. The Labute approximate surface area is 159 Å². The molecule has 0 radical (unpaired) electrons. The van der Waals surface area contributed by atoms with E-state index in [4.69, 9.17) is 11.1 Å². The summed E-state index contributed by atoms with van der Waals surface area (Å²) in [6.07, 6.45) is 4.54. The van der Waals surface area contributed by atoms with E-state index in [-0.39, 0.29) is 12.2 Å². The van der Waals surface area contributed by atoms with Crippen molar-refractivity contribution in [1.82, 2.24) is 9.88 Å². The number of halogens is 3. The van der Waals surface area contributed by atoms with Crippen molar-refractivity contribution in [3.8, 4) is 0 Å². The van der Waals surface area contributed by atoms with Crippen molar-refractivity contribution in [3.05, 3.63) is 57.1 Å². The Hall–Kier alpha value is -1.86. The van der Waals surface area contributed by atoms with E-state index < -0.39 is 17.5 Å². The van der Waals surface area contributed by atoms with Gasteiger partial charge in [-0.1, -0.05) is 6.07 Å². The van der Waals surface area contributed by atoms with E-state index in [1.807, 2.05) is 11.0 Å². The third-order valence-electron chi connectivity index (χ3n) is 5.25. The number of benzene rings is 1. The van der Waals surface area contributed by atoms with Crippen molar-refractivity contribution in [1.29, 1.82) is 5.41 Å². The Balaban J connectivity index is 1.85. The van der Waals surface area contributed by atoms with Gasteiger partial charge in [-0.05, 0) is 58.5 Å². The van der Waals surface area contributed by atoms with Crippen molar-refractivity contribution in [3.63, 3.8) is 0 Å². The van der Waals surface area contributed by atoms with Crippen LogP contribution in [0.1, 0.15) is 41.3 Å². The first kappa shape index (κ1) is 17.5. The van der Waals surface area contributed by atoms with Crippen LogP contribution in [0.3, 0.4) is 0 Å². The third kappa shape index (κ3) is 3.03. The van der Waals surface area contributed by atoms with Crippen LogP contribution in [-0.4, -0.2) is 34.9 Å². The molecule has 1 aromatic carbocycles. The Kier molecular flexibility index (Phi) is 4.31. The monoisotopic (exact) mass is 420 g/mol. The molecule has 1 atom stereocenters. The van der Waals surface area contributed by atoms with E-state index in [2.05, 4.69) is 20.9 Å². The van der Waals surface area contributed by atoms with Gasteiger partial charge in [0, 0.05) is 41.2 Å². The number of hydrogen-bond donors (Lipinski definition) is 2. The number of pyridine rings is 1. The fourth-order valence-corrected chi connectivity index (χ4v) is 4.06. The molecule has 0 bridgehead atoms. The predicted molar refractivity (Wildman–Crippen MR) is 101 cm³/mol. The summed E-state index contributed by atoms with van der Waals surface area (Å²) in [5, 5.41) is 7.70. The van der Waals surface area contributed by atoms with E-state index in [9.17, 15) is 8.78 Å². The molecule has 7 heteroatoms. The highest BCUT2D eigenvalue weighted by Gasteiger charge is 2.47. The summed E-state index contributed by atoms with van der Waals surface area (Å²) in [5.41, 5.74) is 8.07. The summed E-state index contributed by atoms with van der Waals surface area (Å²) >= 11 is 3.24. The maximum atomic E-state index is 14.7. The largest absolute Gasteiger partial charge is 0.398 e. The lowest BCUT2D eigenvalue weighted by molar-refractivity contribution is 0.136. The number of fused-ring (bicyclic) bond motifs is 1. The molecule has 1 unspecified atom stereocenters. The normalized spacial score (nSPS) is 21.3. The summed E-state index contributed by atoms with van der Waals surface area (Å²) in [4.78, 5) is 6.28. The molecular formula is C19H19BrF2N4. The highest BCUT2D eigenvalue weighted by atomic mass is 79.9. The molecule has 4 rings (SSSR count). The zero-order valence-electron chi connectivity index (χ0n) is 14.1. The van der Waals surface area contributed by atoms with Crippen LogP contribution in [0, 0.1) is 11.2 Å². The van der Waals surface area contributed by atoms with E-state index in [1.54, 1.807) is 12.3 Å². The van der Waals surface area contributed by atoms with E-state index in [0.717, 1.165) is 11.1 Å². The van der Waals surface area contributed by atoms with Crippen molar-refractivity contribution >= 4 is 27.8 Å². The van der Waals surface area contributed by atoms with Crippen LogP contribution in [0.15, 0.2) is 28.9 Å². The van der Waals surface area contributed by atoms with Gasteiger partial charge >= 0.3 is 0 Å². The molecule has 0 spiro atoms. The van der Waals surface area contributed by atoms with Gasteiger partial charge in [0.1, 0.15) is 11.5 Å². The minimum absolute atomic E-state index is 0.262. The second kappa shape index (κ2) is 6.39. The zero-order chi connectivity index (χ0) is 18.5. The van der Waals surface area contributed by atoms with Crippen LogP contribution in [0.2, 0.25) is 0 Å². The third-order valence-corrected chi connectivity index (χ3v) is 5.69. The molecule has 1 aliphatic heterocycles. The van der Waals surface area contributed by atoms with E-state index >= 15 is 0 Å². The number of alkyl halides is 1. The number of nitrogens with one attached hydrogen (secondary N) is 1. The average molecular weight is 421 g/mol. The maximum absolute atomic E-state index is 14.7. The van der Waals surface area contributed by atoms with E-state index in [0.29, 0.717) is 41.5 Å². The smallest absolute Gasteiger partial charge is 0.147 e. The highest BCUT2D eigenvalue weighted by Crippen LogP contribution is 2.45. The van der Waals surface area contributed by atoms with Crippen LogP contribution in [0.5, 0.6) is 0 Å². The predicted octanol–water partition coefficient (Wildman–Crippen LogP) is 4.01. The van der Waals surface area contributed by atoms with Crippen LogP contribution in [0.25, 0.3) is 0 Å². The van der Waals surface area contributed by atoms with Crippen LogP contribution in [-0.2, 0) is 6.42 Å². The van der Waals surface area contributed by atoms with E-state index in [1.165, 1.54) is 12.3 Å². The average Bonchev–Trinajstić information content (AvgIpc) is 3.32. The summed E-state index contributed by atoms with van der Waals surface area (Å²) < 4.78 is 29.8. The lowest BCUT2D eigenvalue weighted by atomic mass is 9.86. The van der Waals surface area contributed by atoms with Crippen molar-refractivity contribution in [2.75, 3.05) is 18.8 Å². The number of nitrogen functional groups attached to an aromatic ring is 1. The van der Waals surface area contributed by atoms with Crippen molar-refractivity contribution in [2.24, 2.45) is 0 Å². The fraction of sp³-hybridized carbons (Fsp3) is 0.368. The van der Waals surface area contributed by atoms with Crippen molar-refractivity contribution < 1.29 is 8.78 Å². The molecule has 1 saturated carbocycles. The SMILES string of the molecule is N=Cc1c(N)ccc2c1CCN(CC1(F)CC1)C2c1ncc(Br)cc1F. The first-order chi connectivity index (χ1) is 12.4. The first-order valence-electron chi connectivity index (χ1n) is 8.57. The standard InChI is InChI=1S/C19H19BrF2N4/c20-11-7-15(21)17(25-9-11)18-13-1-2-16(24)14(8-23)12(13)3-6-26(18)10-19(22)4-5-19/h1-2,7-9,18,23H,3-6,10,24H2. The Morgan fingerprint density at radius 3 is 2.85 bits per heavy atom. The van der Waals surface area contributed by atoms with Gasteiger partial charge in [0.15, 0.2) is 0 Å². The number of anilines is 1. The number of hydrogen-bond acceptors (Lipinski definition) is 4. The molecule has 1 fully saturated rings. The molecular weight excluding hydrogens is 402 g/mol. The number of nitrogens with two attached hydrogens (primary N) is 1. The van der Waals surface area contributed by atoms with Gasteiger partial charge in [-0.25, -0.2) is 8.78 Å². The summed E-state index contributed by atoms with van der Waals surface area (Å²) in [6.45, 7) is 0.837. The molecule has 2 aliphatic rings. The second-order valence-electron chi connectivity index (χ2n) is 7.08. The van der Waals surface area contributed by atoms with Gasteiger partial charge in [-0.15, -0.1) is 0 Å². The molecule has 0 amide bonds. The highest BCUT2D eigenvalue weighted by molar-refractivity contribution is 9.10. The molecule has 4 nitrogen and oxygen atoms in total. The topological polar surface area (TPSA) is 66.0 Å². The number of rotatable bonds is 4. The summed E-state index contributed by atoms with van der Waals surface area (Å²) in [5.74, 6) is -0.431. The van der Waals surface area contributed by atoms with Crippen LogP contribution >= 0.6 is 15.9 Å². The van der Waals surface area contributed by atoms with Gasteiger partial charge in [-0.2, -0.15) is 0 Å². The molecule has 3 N–H and O–H groups in total. The molecule has 136 valence electrons. The second-order valence-corrected chi connectivity index (χ2v) is 7.99. The lowest BCUT2D eigenvalue weighted by Crippen LogP contribution is -2.41. The minimum atomic E-state index is -1.18. The Morgan fingerprint density at radius 2 is 2.19 bits per heavy atom. The molecule has 1 aromatic heterocycles. The van der Waals surface area contributed by atoms with Gasteiger partial charge in [0.05, 0.1) is 11.7 Å². The lowest BCUT2D eigenvalue weighted by Gasteiger charge is -2.38. The molecule has 2 aromatic rings. The van der Waals surface area contributed by atoms with Crippen LogP contribution in [0.4, 0.5) is 14.5 Å². The van der Waals surface area contributed by atoms with Gasteiger partial charge in [0.25, 0.3) is 0 Å². The molecule has 2 heterocycles. The van der Waals surface area contributed by atoms with Gasteiger partial charge < -0.3 is 11.1 Å². The molecule has 26 heavy (non-hydrogen) atoms. The van der Waals surface area contributed by atoms with Crippen LogP contribution < -0.4 is 5.73 Å².